The Balaban J connectivity index is 1.33. The van der Waals surface area contributed by atoms with Gasteiger partial charge in [-0.15, -0.1) is 0 Å². The average molecular weight is 477 g/mol. The summed E-state index contributed by atoms with van der Waals surface area (Å²) < 4.78 is 27.2. The van der Waals surface area contributed by atoms with E-state index in [0.29, 0.717) is 24.5 Å². The zero-order chi connectivity index (χ0) is 23.8. The fourth-order valence-electron chi connectivity index (χ4n) is 4.53. The van der Waals surface area contributed by atoms with Crippen molar-refractivity contribution in [1.82, 2.24) is 9.62 Å². The zero-order valence-corrected chi connectivity index (χ0v) is 20.2. The molecule has 34 heavy (non-hydrogen) atoms. The van der Waals surface area contributed by atoms with Crippen molar-refractivity contribution in [2.75, 3.05) is 19.6 Å². The summed E-state index contributed by atoms with van der Waals surface area (Å²) in [5, 5.41) is 3.03. The maximum absolute atomic E-state index is 12.8. The number of carbonyl (C=O) groups excluding carboxylic acids is 1. The lowest BCUT2D eigenvalue weighted by Crippen LogP contribution is -2.35. The van der Waals surface area contributed by atoms with E-state index in [9.17, 15) is 13.2 Å². The largest absolute Gasteiger partial charge is 0.356 e. The normalized spacial score (nSPS) is 14.7. The number of amides is 1. The summed E-state index contributed by atoms with van der Waals surface area (Å²) >= 11 is 0. The summed E-state index contributed by atoms with van der Waals surface area (Å²) in [6.45, 7) is 1.73. The van der Waals surface area contributed by atoms with E-state index in [1.807, 2.05) is 36.4 Å². The molecule has 3 aromatic rings. The van der Waals surface area contributed by atoms with Crippen molar-refractivity contribution in [2.45, 2.75) is 42.9 Å². The van der Waals surface area contributed by atoms with E-state index in [2.05, 4.69) is 29.6 Å². The minimum Gasteiger partial charge on any atom is -0.356 e. The van der Waals surface area contributed by atoms with Crippen LogP contribution in [0, 0.1) is 0 Å². The smallest absolute Gasteiger partial charge is 0.243 e. The lowest BCUT2D eigenvalue weighted by molar-refractivity contribution is -0.120. The van der Waals surface area contributed by atoms with Gasteiger partial charge in [-0.2, -0.15) is 4.31 Å². The molecular weight excluding hydrogens is 444 g/mol. The fourth-order valence-corrected chi connectivity index (χ4v) is 6.05. The Labute approximate surface area is 202 Å². The van der Waals surface area contributed by atoms with Crippen LogP contribution in [0.5, 0.6) is 0 Å². The van der Waals surface area contributed by atoms with Crippen molar-refractivity contribution in [3.05, 3.63) is 102 Å². The molecule has 3 aromatic carbocycles. The molecule has 1 aliphatic rings. The molecular formula is C28H32N2O3S. The average Bonchev–Trinajstić information content (AvgIpc) is 2.88. The molecule has 0 saturated carbocycles. The molecule has 5 nitrogen and oxygen atoms in total. The second-order valence-corrected chi connectivity index (χ2v) is 10.7. The minimum absolute atomic E-state index is 0.0634. The molecule has 0 radical (unpaired) electrons. The lowest BCUT2D eigenvalue weighted by atomic mass is 9.88. The number of sulfonamides is 1. The Bertz CT molecular complexity index is 1120. The van der Waals surface area contributed by atoms with Gasteiger partial charge in [0.25, 0.3) is 0 Å². The second-order valence-electron chi connectivity index (χ2n) is 8.80. The van der Waals surface area contributed by atoms with Crippen LogP contribution in [-0.2, 0) is 21.2 Å². The Morgan fingerprint density at radius 2 is 1.35 bits per heavy atom. The van der Waals surface area contributed by atoms with Gasteiger partial charge in [0.2, 0.25) is 15.9 Å². The van der Waals surface area contributed by atoms with Crippen molar-refractivity contribution >= 4 is 15.9 Å². The Kier molecular flexibility index (Phi) is 8.14. The molecule has 1 fully saturated rings. The molecule has 1 aliphatic heterocycles. The first-order chi connectivity index (χ1) is 16.5. The summed E-state index contributed by atoms with van der Waals surface area (Å²) in [5.74, 6) is 0.147. The molecule has 6 heteroatoms. The van der Waals surface area contributed by atoms with Gasteiger partial charge >= 0.3 is 0 Å². The first-order valence-corrected chi connectivity index (χ1v) is 13.4. The monoisotopic (exact) mass is 476 g/mol. The molecule has 1 saturated heterocycles. The lowest BCUT2D eigenvalue weighted by Gasteiger charge is -2.25. The number of hydrogen-bond acceptors (Lipinski definition) is 3. The van der Waals surface area contributed by atoms with Crippen molar-refractivity contribution in [1.29, 1.82) is 0 Å². The number of carbonyl (C=O) groups is 1. The van der Waals surface area contributed by atoms with Gasteiger partial charge in [0.05, 0.1) is 11.3 Å². The van der Waals surface area contributed by atoms with Gasteiger partial charge in [-0.3, -0.25) is 4.79 Å². The molecule has 4 rings (SSSR count). The van der Waals surface area contributed by atoms with E-state index in [4.69, 9.17) is 0 Å². The third-order valence-electron chi connectivity index (χ3n) is 6.40. The van der Waals surface area contributed by atoms with Crippen LogP contribution in [0.2, 0.25) is 0 Å². The van der Waals surface area contributed by atoms with Crippen LogP contribution in [-0.4, -0.2) is 38.3 Å². The summed E-state index contributed by atoms with van der Waals surface area (Å²) in [6, 6.07) is 27.4. The number of nitrogens with one attached hydrogen (secondary N) is 1. The van der Waals surface area contributed by atoms with E-state index < -0.39 is 10.0 Å². The summed E-state index contributed by atoms with van der Waals surface area (Å²) in [7, 11) is -3.45. The van der Waals surface area contributed by atoms with Crippen LogP contribution in [0.3, 0.4) is 0 Å². The van der Waals surface area contributed by atoms with Gasteiger partial charge in [-0.05, 0) is 48.1 Å². The number of piperidine rings is 1. The van der Waals surface area contributed by atoms with Crippen LogP contribution in [0.4, 0.5) is 0 Å². The molecule has 1 N–H and O–H groups in total. The van der Waals surface area contributed by atoms with E-state index in [0.717, 1.165) is 31.2 Å². The second kappa shape index (κ2) is 11.4. The van der Waals surface area contributed by atoms with Gasteiger partial charge in [-0.1, -0.05) is 79.2 Å². The van der Waals surface area contributed by atoms with Gasteiger partial charge in [0, 0.05) is 25.6 Å². The molecule has 0 atom stereocenters. The van der Waals surface area contributed by atoms with E-state index in [1.165, 1.54) is 11.1 Å². The molecule has 0 aromatic heterocycles. The van der Waals surface area contributed by atoms with E-state index in [-0.39, 0.29) is 18.2 Å². The van der Waals surface area contributed by atoms with Crippen molar-refractivity contribution in [3.63, 3.8) is 0 Å². The highest BCUT2D eigenvalue weighted by molar-refractivity contribution is 7.89. The van der Waals surface area contributed by atoms with E-state index >= 15 is 0 Å². The number of hydrogen-bond donors (Lipinski definition) is 1. The van der Waals surface area contributed by atoms with E-state index in [1.54, 1.807) is 28.6 Å². The van der Waals surface area contributed by atoms with Gasteiger partial charge < -0.3 is 5.32 Å². The first-order valence-electron chi connectivity index (χ1n) is 12.0. The summed E-state index contributed by atoms with van der Waals surface area (Å²) in [6.07, 6.45) is 3.93. The third kappa shape index (κ3) is 6.13. The molecule has 1 heterocycles. The standard InChI is InChI=1S/C28H32N2O3S/c31-28(22-23-14-16-26(17-15-23)34(32,33)30-20-8-3-9-21-30)29-19-18-27(24-10-4-1-5-11-24)25-12-6-2-7-13-25/h1-2,4-7,10-17,27H,3,8-9,18-22H2,(H,29,31). The molecule has 1 amide bonds. The quantitative estimate of drug-likeness (QED) is 0.485. The number of nitrogens with zero attached hydrogens (tertiary/aromatic N) is 1. The minimum atomic E-state index is -3.45. The first kappa shape index (κ1) is 24.2. The van der Waals surface area contributed by atoms with Crippen molar-refractivity contribution < 1.29 is 13.2 Å². The number of benzene rings is 3. The van der Waals surface area contributed by atoms with Crippen LogP contribution in [0.25, 0.3) is 0 Å². The molecule has 0 bridgehead atoms. The summed E-state index contributed by atoms with van der Waals surface area (Å²) in [5.41, 5.74) is 3.26. The topological polar surface area (TPSA) is 66.5 Å². The zero-order valence-electron chi connectivity index (χ0n) is 19.4. The van der Waals surface area contributed by atoms with Gasteiger partial charge in [-0.25, -0.2) is 8.42 Å². The fraction of sp³-hybridized carbons (Fsp3) is 0.321. The number of rotatable bonds is 9. The molecule has 0 unspecified atom stereocenters. The molecule has 0 spiro atoms. The highest BCUT2D eigenvalue weighted by Gasteiger charge is 2.25. The predicted molar refractivity (Wildman–Crippen MR) is 135 cm³/mol. The highest BCUT2D eigenvalue weighted by atomic mass is 32.2. The summed E-state index contributed by atoms with van der Waals surface area (Å²) in [4.78, 5) is 12.9. The Morgan fingerprint density at radius 3 is 1.91 bits per heavy atom. The van der Waals surface area contributed by atoms with Crippen LogP contribution in [0.15, 0.2) is 89.8 Å². The van der Waals surface area contributed by atoms with Gasteiger partial charge in [0.1, 0.15) is 0 Å². The third-order valence-corrected chi connectivity index (χ3v) is 8.31. The maximum atomic E-state index is 12.8. The highest BCUT2D eigenvalue weighted by Crippen LogP contribution is 2.27. The van der Waals surface area contributed by atoms with Crippen LogP contribution < -0.4 is 5.32 Å². The molecule has 178 valence electrons. The SMILES string of the molecule is O=C(Cc1ccc(S(=O)(=O)N2CCCCC2)cc1)NCCC(c1ccccc1)c1ccccc1. The van der Waals surface area contributed by atoms with Gasteiger partial charge in [0.15, 0.2) is 0 Å². The Hall–Kier alpha value is -2.96. The Morgan fingerprint density at radius 1 is 0.794 bits per heavy atom. The van der Waals surface area contributed by atoms with Crippen molar-refractivity contribution in [2.24, 2.45) is 0 Å². The maximum Gasteiger partial charge on any atom is 0.243 e. The van der Waals surface area contributed by atoms with Crippen molar-refractivity contribution in [3.8, 4) is 0 Å². The van der Waals surface area contributed by atoms with Crippen LogP contribution >= 0.6 is 0 Å². The predicted octanol–water partition coefficient (Wildman–Crippen LogP) is 4.74. The molecule has 0 aliphatic carbocycles. The van der Waals surface area contributed by atoms with Crippen LogP contribution in [0.1, 0.15) is 48.3 Å².